The minimum atomic E-state index is -0.231. The number of aromatic nitrogens is 1. The van der Waals surface area contributed by atoms with E-state index in [9.17, 15) is 4.79 Å². The van der Waals surface area contributed by atoms with Crippen molar-refractivity contribution in [2.75, 3.05) is 12.9 Å². The van der Waals surface area contributed by atoms with Gasteiger partial charge in [-0.1, -0.05) is 23.4 Å². The molecule has 0 aliphatic rings. The van der Waals surface area contributed by atoms with Gasteiger partial charge >= 0.3 is 5.97 Å². The van der Waals surface area contributed by atoms with Gasteiger partial charge in [-0.3, -0.25) is 4.79 Å². The van der Waals surface area contributed by atoms with Crippen LogP contribution in [0.15, 0.2) is 29.3 Å². The average Bonchev–Trinajstić information content (AvgIpc) is 2.35. The Morgan fingerprint density at radius 3 is 2.83 bits per heavy atom. The van der Waals surface area contributed by atoms with Crippen LogP contribution in [-0.4, -0.2) is 23.8 Å². The molecule has 94 valence electrons. The lowest BCUT2D eigenvalue weighted by Gasteiger charge is -2.07. The van der Waals surface area contributed by atoms with Crippen LogP contribution in [0.25, 0.3) is 10.9 Å². The third-order valence-electron chi connectivity index (χ3n) is 2.67. The minimum Gasteiger partial charge on any atom is -0.468 e. The second-order valence-electron chi connectivity index (χ2n) is 4.17. The molecule has 1 aromatic heterocycles. The number of hydrogen-bond acceptors (Lipinski definition) is 4. The third-order valence-corrected chi connectivity index (χ3v) is 3.74. The van der Waals surface area contributed by atoms with Crippen LogP contribution in [0.5, 0.6) is 0 Å². The first-order valence-electron chi connectivity index (χ1n) is 5.68. The SMILES string of the molecule is COC(=O)CSc1nc2ccc(C)cc2cc1C. The lowest BCUT2D eigenvalue weighted by atomic mass is 10.1. The summed E-state index contributed by atoms with van der Waals surface area (Å²) in [5.74, 6) is 0.0621. The maximum Gasteiger partial charge on any atom is 0.316 e. The van der Waals surface area contributed by atoms with E-state index in [4.69, 9.17) is 0 Å². The second-order valence-corrected chi connectivity index (χ2v) is 5.14. The molecular formula is C14H15NO2S. The van der Waals surface area contributed by atoms with Crippen LogP contribution in [0.2, 0.25) is 0 Å². The highest BCUT2D eigenvalue weighted by atomic mass is 32.2. The van der Waals surface area contributed by atoms with Crippen LogP contribution in [0.4, 0.5) is 0 Å². The summed E-state index contributed by atoms with van der Waals surface area (Å²) in [7, 11) is 1.40. The van der Waals surface area contributed by atoms with Crippen LogP contribution >= 0.6 is 11.8 Å². The fourth-order valence-corrected chi connectivity index (χ4v) is 2.54. The number of thioether (sulfide) groups is 1. The minimum absolute atomic E-state index is 0.231. The molecule has 0 amide bonds. The molecular weight excluding hydrogens is 246 g/mol. The summed E-state index contributed by atoms with van der Waals surface area (Å²) in [5.41, 5.74) is 3.26. The van der Waals surface area contributed by atoms with Gasteiger partial charge in [0.2, 0.25) is 0 Å². The number of pyridine rings is 1. The van der Waals surface area contributed by atoms with Gasteiger partial charge in [0, 0.05) is 5.39 Å². The number of fused-ring (bicyclic) bond motifs is 1. The smallest absolute Gasteiger partial charge is 0.316 e. The predicted molar refractivity (Wildman–Crippen MR) is 74.0 cm³/mol. The zero-order chi connectivity index (χ0) is 13.1. The third kappa shape index (κ3) is 2.82. The number of carbonyl (C=O) groups is 1. The number of carbonyl (C=O) groups excluding carboxylic acids is 1. The number of aryl methyl sites for hydroxylation is 2. The summed E-state index contributed by atoms with van der Waals surface area (Å²) < 4.78 is 4.63. The van der Waals surface area contributed by atoms with E-state index in [0.717, 1.165) is 21.5 Å². The first-order chi connectivity index (χ1) is 8.60. The maximum absolute atomic E-state index is 11.1. The largest absolute Gasteiger partial charge is 0.468 e. The van der Waals surface area contributed by atoms with Gasteiger partial charge in [0.1, 0.15) is 5.03 Å². The normalized spacial score (nSPS) is 10.6. The Kier molecular flexibility index (Phi) is 3.87. The Bertz CT molecular complexity index is 596. The number of rotatable bonds is 3. The van der Waals surface area contributed by atoms with E-state index in [1.807, 2.05) is 19.1 Å². The monoisotopic (exact) mass is 261 g/mol. The molecule has 2 aromatic rings. The summed E-state index contributed by atoms with van der Waals surface area (Å²) >= 11 is 1.41. The number of nitrogens with zero attached hydrogens (tertiary/aromatic N) is 1. The molecule has 0 unspecified atom stereocenters. The van der Waals surface area contributed by atoms with Crippen molar-refractivity contribution in [3.8, 4) is 0 Å². The van der Waals surface area contributed by atoms with Gasteiger partial charge in [0.05, 0.1) is 18.4 Å². The molecule has 0 saturated carbocycles. The first-order valence-corrected chi connectivity index (χ1v) is 6.66. The quantitative estimate of drug-likeness (QED) is 0.628. The van der Waals surface area contributed by atoms with Gasteiger partial charge in [-0.15, -0.1) is 0 Å². The van der Waals surface area contributed by atoms with Crippen LogP contribution in [0.1, 0.15) is 11.1 Å². The lowest BCUT2D eigenvalue weighted by Crippen LogP contribution is -2.03. The molecule has 0 N–H and O–H groups in total. The number of benzene rings is 1. The summed E-state index contributed by atoms with van der Waals surface area (Å²) in [5, 5.41) is 2.02. The molecule has 4 heteroatoms. The molecule has 0 fully saturated rings. The van der Waals surface area contributed by atoms with E-state index in [0.29, 0.717) is 5.75 Å². The fourth-order valence-electron chi connectivity index (χ4n) is 1.72. The number of ether oxygens (including phenoxy) is 1. The molecule has 0 atom stereocenters. The van der Waals surface area contributed by atoms with Gasteiger partial charge in [0.25, 0.3) is 0 Å². The number of esters is 1. The van der Waals surface area contributed by atoms with E-state index in [1.54, 1.807) is 0 Å². The Morgan fingerprint density at radius 2 is 2.11 bits per heavy atom. The van der Waals surface area contributed by atoms with Gasteiger partial charge < -0.3 is 4.74 Å². The van der Waals surface area contributed by atoms with Crippen molar-refractivity contribution in [1.82, 2.24) is 4.98 Å². The molecule has 18 heavy (non-hydrogen) atoms. The van der Waals surface area contributed by atoms with E-state index in [1.165, 1.54) is 24.4 Å². The number of hydrogen-bond donors (Lipinski definition) is 0. The topological polar surface area (TPSA) is 39.2 Å². The Hall–Kier alpha value is -1.55. The summed E-state index contributed by atoms with van der Waals surface area (Å²) in [4.78, 5) is 15.7. The highest BCUT2D eigenvalue weighted by molar-refractivity contribution is 7.99. The molecule has 1 aromatic carbocycles. The van der Waals surface area contributed by atoms with Gasteiger partial charge in [-0.05, 0) is 37.6 Å². The Balaban J connectivity index is 2.31. The van der Waals surface area contributed by atoms with Crippen molar-refractivity contribution in [1.29, 1.82) is 0 Å². The second kappa shape index (κ2) is 5.40. The van der Waals surface area contributed by atoms with E-state index in [-0.39, 0.29) is 5.97 Å². The van der Waals surface area contributed by atoms with Crippen LogP contribution in [-0.2, 0) is 9.53 Å². The standard InChI is InChI=1S/C14H15NO2S/c1-9-4-5-12-11(6-9)7-10(2)14(15-12)18-8-13(16)17-3/h4-7H,8H2,1-3H3. The molecule has 0 bridgehead atoms. The maximum atomic E-state index is 11.1. The van der Waals surface area contributed by atoms with Crippen molar-refractivity contribution >= 4 is 28.6 Å². The zero-order valence-corrected chi connectivity index (χ0v) is 11.5. The highest BCUT2D eigenvalue weighted by Gasteiger charge is 2.07. The first kappa shape index (κ1) is 12.9. The van der Waals surface area contributed by atoms with E-state index < -0.39 is 0 Å². The van der Waals surface area contributed by atoms with Gasteiger partial charge in [0.15, 0.2) is 0 Å². The fraction of sp³-hybridized carbons (Fsp3) is 0.286. The average molecular weight is 261 g/mol. The number of methoxy groups -OCH3 is 1. The molecule has 0 saturated heterocycles. The molecule has 0 aliphatic carbocycles. The van der Waals surface area contributed by atoms with Crippen molar-refractivity contribution in [3.63, 3.8) is 0 Å². The Morgan fingerprint density at radius 1 is 1.33 bits per heavy atom. The molecule has 0 spiro atoms. The van der Waals surface area contributed by atoms with E-state index >= 15 is 0 Å². The predicted octanol–water partition coefficient (Wildman–Crippen LogP) is 3.12. The molecule has 0 radical (unpaired) electrons. The van der Waals surface area contributed by atoms with Crippen LogP contribution in [0.3, 0.4) is 0 Å². The molecule has 2 rings (SSSR count). The van der Waals surface area contributed by atoms with Crippen molar-refractivity contribution < 1.29 is 9.53 Å². The van der Waals surface area contributed by atoms with Crippen LogP contribution < -0.4 is 0 Å². The van der Waals surface area contributed by atoms with Crippen LogP contribution in [0, 0.1) is 13.8 Å². The molecule has 0 aliphatic heterocycles. The lowest BCUT2D eigenvalue weighted by molar-refractivity contribution is -0.137. The summed E-state index contributed by atoms with van der Waals surface area (Å²) in [6.07, 6.45) is 0. The molecule has 3 nitrogen and oxygen atoms in total. The van der Waals surface area contributed by atoms with Crippen molar-refractivity contribution in [2.45, 2.75) is 18.9 Å². The summed E-state index contributed by atoms with van der Waals surface area (Å²) in [6.45, 7) is 4.07. The van der Waals surface area contributed by atoms with Crippen molar-refractivity contribution in [3.05, 3.63) is 35.4 Å². The van der Waals surface area contributed by atoms with Gasteiger partial charge in [-0.25, -0.2) is 4.98 Å². The zero-order valence-electron chi connectivity index (χ0n) is 10.7. The van der Waals surface area contributed by atoms with E-state index in [2.05, 4.69) is 28.8 Å². The van der Waals surface area contributed by atoms with Gasteiger partial charge in [-0.2, -0.15) is 0 Å². The van der Waals surface area contributed by atoms with Crippen molar-refractivity contribution in [2.24, 2.45) is 0 Å². The summed E-state index contributed by atoms with van der Waals surface area (Å²) in [6, 6.07) is 8.27. The Labute approximate surface area is 111 Å². The molecule has 1 heterocycles. The highest BCUT2D eigenvalue weighted by Crippen LogP contribution is 2.24.